The number of hydrogen-bond donors (Lipinski definition) is 0. The van der Waals surface area contributed by atoms with Gasteiger partial charge in [0.25, 0.3) is 0 Å². The van der Waals surface area contributed by atoms with Crippen molar-refractivity contribution >= 4 is 22.9 Å². The highest BCUT2D eigenvalue weighted by atomic mass is 35.5. The average molecular weight is 238 g/mol. The molecule has 2 rings (SSSR count). The highest BCUT2D eigenvalue weighted by Crippen LogP contribution is 2.26. The molecule has 1 aromatic carbocycles. The summed E-state index contributed by atoms with van der Waals surface area (Å²) in [5, 5.41) is 4.04. The van der Waals surface area contributed by atoms with Gasteiger partial charge in [-0.2, -0.15) is 0 Å². The van der Waals surface area contributed by atoms with Gasteiger partial charge in [-0.05, 0) is 12.1 Å². The van der Waals surface area contributed by atoms with E-state index in [-0.39, 0.29) is 0 Å². The van der Waals surface area contributed by atoms with E-state index in [2.05, 4.69) is 24.2 Å². The van der Waals surface area contributed by atoms with Gasteiger partial charge in [0.2, 0.25) is 0 Å². The Kier molecular flexibility index (Phi) is 3.08. The number of thiazole rings is 1. The fourth-order valence-corrected chi connectivity index (χ4v) is 2.28. The van der Waals surface area contributed by atoms with Crippen LogP contribution in [0.5, 0.6) is 0 Å². The lowest BCUT2D eigenvalue weighted by molar-refractivity contribution is 0.853. The molecule has 0 spiro atoms. The van der Waals surface area contributed by atoms with Crippen LogP contribution in [0, 0.1) is 0 Å². The number of rotatable bonds is 2. The van der Waals surface area contributed by atoms with Crippen molar-refractivity contribution in [2.75, 3.05) is 0 Å². The molecule has 0 unspecified atom stereocenters. The Labute approximate surface area is 98.7 Å². The molecule has 0 bridgehead atoms. The lowest BCUT2D eigenvalue weighted by Crippen LogP contribution is -1.85. The molecule has 0 aliphatic rings. The van der Waals surface area contributed by atoms with Crippen LogP contribution in [-0.2, 0) is 0 Å². The molecule has 1 aromatic heterocycles. The quantitative estimate of drug-likeness (QED) is 0.745. The maximum absolute atomic E-state index is 5.84. The molecule has 0 aliphatic carbocycles. The number of benzene rings is 1. The monoisotopic (exact) mass is 237 g/mol. The summed E-state index contributed by atoms with van der Waals surface area (Å²) in [6.07, 6.45) is 0. The van der Waals surface area contributed by atoms with Gasteiger partial charge in [-0.3, -0.25) is 0 Å². The third kappa shape index (κ3) is 2.39. The van der Waals surface area contributed by atoms with Crippen molar-refractivity contribution < 1.29 is 0 Å². The zero-order valence-electron chi connectivity index (χ0n) is 8.70. The van der Waals surface area contributed by atoms with E-state index in [1.54, 1.807) is 11.3 Å². The van der Waals surface area contributed by atoms with Gasteiger partial charge in [0.05, 0.1) is 10.7 Å². The zero-order valence-corrected chi connectivity index (χ0v) is 10.3. The van der Waals surface area contributed by atoms with Crippen LogP contribution < -0.4 is 0 Å². The molecular weight excluding hydrogens is 226 g/mol. The van der Waals surface area contributed by atoms with Crippen molar-refractivity contribution in [2.45, 2.75) is 19.8 Å². The summed E-state index contributed by atoms with van der Waals surface area (Å²) in [6, 6.07) is 7.79. The molecule has 0 amide bonds. The Morgan fingerprint density at radius 1 is 1.20 bits per heavy atom. The van der Waals surface area contributed by atoms with Crippen LogP contribution in [0.4, 0.5) is 0 Å². The Balaban J connectivity index is 2.33. The summed E-state index contributed by atoms with van der Waals surface area (Å²) >= 11 is 7.55. The largest absolute Gasteiger partial charge is 0.241 e. The van der Waals surface area contributed by atoms with E-state index >= 15 is 0 Å². The summed E-state index contributed by atoms with van der Waals surface area (Å²) in [5.41, 5.74) is 2.17. The summed E-state index contributed by atoms with van der Waals surface area (Å²) in [6.45, 7) is 4.31. The Morgan fingerprint density at radius 3 is 2.40 bits per heavy atom. The number of hydrogen-bond acceptors (Lipinski definition) is 2. The van der Waals surface area contributed by atoms with Gasteiger partial charge in [0, 0.05) is 21.9 Å². The van der Waals surface area contributed by atoms with Gasteiger partial charge in [-0.1, -0.05) is 37.6 Å². The van der Waals surface area contributed by atoms with Crippen molar-refractivity contribution in [1.29, 1.82) is 0 Å². The van der Waals surface area contributed by atoms with Crippen LogP contribution in [0.1, 0.15) is 24.8 Å². The second-order valence-corrected chi connectivity index (χ2v) is 5.06. The molecule has 0 atom stereocenters. The van der Waals surface area contributed by atoms with Gasteiger partial charge >= 0.3 is 0 Å². The van der Waals surface area contributed by atoms with Crippen molar-refractivity contribution in [2.24, 2.45) is 0 Å². The topological polar surface area (TPSA) is 12.9 Å². The molecule has 0 saturated carbocycles. The fourth-order valence-electron chi connectivity index (χ4n) is 1.31. The summed E-state index contributed by atoms with van der Waals surface area (Å²) in [5.74, 6) is 0.496. The third-order valence-electron chi connectivity index (χ3n) is 2.16. The molecule has 15 heavy (non-hydrogen) atoms. The first-order chi connectivity index (χ1) is 7.16. The van der Waals surface area contributed by atoms with Crippen LogP contribution in [0.15, 0.2) is 29.6 Å². The minimum Gasteiger partial charge on any atom is -0.241 e. The first-order valence-corrected chi connectivity index (χ1v) is 6.14. The predicted molar refractivity (Wildman–Crippen MR) is 66.6 cm³/mol. The van der Waals surface area contributed by atoms with Crippen LogP contribution in [-0.4, -0.2) is 4.98 Å². The van der Waals surface area contributed by atoms with Crippen molar-refractivity contribution in [3.05, 3.63) is 39.7 Å². The molecule has 0 N–H and O–H groups in total. The predicted octanol–water partition coefficient (Wildman–Crippen LogP) is 4.59. The highest BCUT2D eigenvalue weighted by molar-refractivity contribution is 7.10. The minimum absolute atomic E-state index is 0.496. The molecule has 0 fully saturated rings. The summed E-state index contributed by atoms with van der Waals surface area (Å²) in [4.78, 5) is 4.59. The SMILES string of the molecule is CC(C)c1nc(-c2ccc(Cl)cc2)cs1. The number of halogens is 1. The standard InChI is InChI=1S/C12H12ClNS/c1-8(2)12-14-11(7-15-12)9-3-5-10(13)6-4-9/h3-8H,1-2H3. The zero-order chi connectivity index (χ0) is 10.8. The molecule has 0 saturated heterocycles. The smallest absolute Gasteiger partial charge is 0.0958 e. The normalized spacial score (nSPS) is 10.9. The molecule has 2 aromatic rings. The Hall–Kier alpha value is -0.860. The van der Waals surface area contributed by atoms with Gasteiger partial charge in [-0.15, -0.1) is 11.3 Å². The van der Waals surface area contributed by atoms with Gasteiger partial charge in [0.1, 0.15) is 0 Å². The first-order valence-electron chi connectivity index (χ1n) is 4.88. The lowest BCUT2D eigenvalue weighted by atomic mass is 10.2. The maximum Gasteiger partial charge on any atom is 0.0958 e. The van der Waals surface area contributed by atoms with Crippen molar-refractivity contribution in [1.82, 2.24) is 4.98 Å². The van der Waals surface area contributed by atoms with E-state index in [1.807, 2.05) is 24.3 Å². The fraction of sp³-hybridized carbons (Fsp3) is 0.250. The molecule has 78 valence electrons. The molecular formula is C12H12ClNS. The molecule has 1 heterocycles. The molecule has 0 aliphatic heterocycles. The van der Waals surface area contributed by atoms with E-state index in [1.165, 1.54) is 5.01 Å². The number of aromatic nitrogens is 1. The second-order valence-electron chi connectivity index (χ2n) is 3.73. The molecule has 1 nitrogen and oxygen atoms in total. The van der Waals surface area contributed by atoms with E-state index < -0.39 is 0 Å². The molecule has 0 radical (unpaired) electrons. The summed E-state index contributed by atoms with van der Waals surface area (Å²) in [7, 11) is 0. The third-order valence-corrected chi connectivity index (χ3v) is 3.55. The summed E-state index contributed by atoms with van der Waals surface area (Å²) < 4.78 is 0. The number of nitrogens with zero attached hydrogens (tertiary/aromatic N) is 1. The van der Waals surface area contributed by atoms with Gasteiger partial charge in [-0.25, -0.2) is 4.98 Å². The highest BCUT2D eigenvalue weighted by Gasteiger charge is 2.06. The Bertz CT molecular complexity index is 445. The van der Waals surface area contributed by atoms with Crippen molar-refractivity contribution in [3.63, 3.8) is 0 Å². The average Bonchev–Trinajstić information content (AvgIpc) is 2.68. The first kappa shape index (κ1) is 10.7. The van der Waals surface area contributed by atoms with Crippen molar-refractivity contribution in [3.8, 4) is 11.3 Å². The minimum atomic E-state index is 0.496. The second kappa shape index (κ2) is 4.33. The van der Waals surface area contributed by atoms with Crippen LogP contribution in [0.25, 0.3) is 11.3 Å². The van der Waals surface area contributed by atoms with Crippen LogP contribution >= 0.6 is 22.9 Å². The Morgan fingerprint density at radius 2 is 1.87 bits per heavy atom. The van der Waals surface area contributed by atoms with Gasteiger partial charge < -0.3 is 0 Å². The van der Waals surface area contributed by atoms with Crippen LogP contribution in [0.3, 0.4) is 0 Å². The van der Waals surface area contributed by atoms with E-state index in [9.17, 15) is 0 Å². The van der Waals surface area contributed by atoms with Crippen LogP contribution in [0.2, 0.25) is 5.02 Å². The van der Waals surface area contributed by atoms with E-state index in [0.29, 0.717) is 5.92 Å². The molecule has 3 heteroatoms. The maximum atomic E-state index is 5.84. The van der Waals surface area contributed by atoms with E-state index in [0.717, 1.165) is 16.3 Å². The van der Waals surface area contributed by atoms with E-state index in [4.69, 9.17) is 11.6 Å². The van der Waals surface area contributed by atoms with Gasteiger partial charge in [0.15, 0.2) is 0 Å². The lowest BCUT2D eigenvalue weighted by Gasteiger charge is -1.98.